The number of H-pyrrole nitrogens is 1. The molecule has 1 N–H and O–H groups in total. The fourth-order valence-electron chi connectivity index (χ4n) is 3.40. The van der Waals surface area contributed by atoms with Crippen LogP contribution in [0.25, 0.3) is 16.6 Å². The lowest BCUT2D eigenvalue weighted by molar-refractivity contribution is -0.137. The Labute approximate surface area is 184 Å². The van der Waals surface area contributed by atoms with Crippen LogP contribution in [0.2, 0.25) is 0 Å². The number of hydrogen-bond donors (Lipinski definition) is 1. The second-order valence-corrected chi connectivity index (χ2v) is 7.35. The van der Waals surface area contributed by atoms with E-state index in [0.717, 1.165) is 23.0 Å². The number of benzene rings is 2. The molecule has 168 valence electrons. The molecule has 0 fully saturated rings. The number of ether oxygens (including phenoxy) is 1. The molecule has 5 aromatic rings. The first-order chi connectivity index (χ1) is 15.9. The van der Waals surface area contributed by atoms with Gasteiger partial charge in [-0.3, -0.25) is 0 Å². The van der Waals surface area contributed by atoms with E-state index >= 15 is 0 Å². The van der Waals surface area contributed by atoms with Crippen molar-refractivity contribution in [2.45, 2.75) is 26.3 Å². The lowest BCUT2D eigenvalue weighted by atomic mass is 10.2. The van der Waals surface area contributed by atoms with Crippen LogP contribution in [0.5, 0.6) is 5.75 Å². The highest BCUT2D eigenvalue weighted by atomic mass is 19.4. The SMILES string of the molecule is Cc1nn(-c2ccc(C(F)(F)F)cc2)nc1COc1ccc2c(ccn2Cc2nn[nH]n2)c1. The minimum Gasteiger partial charge on any atom is -0.487 e. The molecule has 0 saturated heterocycles. The van der Waals surface area contributed by atoms with Crippen molar-refractivity contribution in [2.24, 2.45) is 0 Å². The van der Waals surface area contributed by atoms with E-state index in [-0.39, 0.29) is 6.61 Å². The molecule has 9 nitrogen and oxygen atoms in total. The van der Waals surface area contributed by atoms with Crippen LogP contribution in [-0.4, -0.2) is 40.2 Å². The largest absolute Gasteiger partial charge is 0.487 e. The summed E-state index contributed by atoms with van der Waals surface area (Å²) in [5.74, 6) is 1.24. The summed E-state index contributed by atoms with van der Waals surface area (Å²) in [5, 5.41) is 23.6. The maximum atomic E-state index is 12.8. The van der Waals surface area contributed by atoms with Crippen molar-refractivity contribution in [3.63, 3.8) is 0 Å². The summed E-state index contributed by atoms with van der Waals surface area (Å²) < 4.78 is 46.2. The van der Waals surface area contributed by atoms with Gasteiger partial charge in [0.15, 0.2) is 5.82 Å². The molecule has 3 heterocycles. The van der Waals surface area contributed by atoms with Gasteiger partial charge in [0, 0.05) is 17.1 Å². The van der Waals surface area contributed by atoms with Gasteiger partial charge in [0.05, 0.1) is 23.5 Å². The van der Waals surface area contributed by atoms with Gasteiger partial charge in [0.1, 0.15) is 18.1 Å². The third kappa shape index (κ3) is 4.27. The zero-order valence-electron chi connectivity index (χ0n) is 17.3. The van der Waals surface area contributed by atoms with Crippen LogP contribution in [0.1, 0.15) is 22.8 Å². The first kappa shape index (κ1) is 20.7. The van der Waals surface area contributed by atoms with Gasteiger partial charge >= 0.3 is 6.18 Å². The van der Waals surface area contributed by atoms with Crippen LogP contribution < -0.4 is 4.74 Å². The number of halogens is 3. The van der Waals surface area contributed by atoms with Gasteiger partial charge in [-0.25, -0.2) is 0 Å². The van der Waals surface area contributed by atoms with Gasteiger partial charge < -0.3 is 9.30 Å². The second-order valence-electron chi connectivity index (χ2n) is 7.35. The molecule has 33 heavy (non-hydrogen) atoms. The fourth-order valence-corrected chi connectivity index (χ4v) is 3.40. The summed E-state index contributed by atoms with van der Waals surface area (Å²) in [6, 6.07) is 12.3. The molecule has 0 radical (unpaired) electrons. The Kier molecular flexibility index (Phi) is 5.04. The molecule has 0 saturated carbocycles. The summed E-state index contributed by atoms with van der Waals surface area (Å²) in [7, 11) is 0. The topological polar surface area (TPSA) is 99.3 Å². The van der Waals surface area contributed by atoms with Crippen molar-refractivity contribution in [3.8, 4) is 11.4 Å². The Balaban J connectivity index is 1.29. The molecule has 0 bridgehead atoms. The average Bonchev–Trinajstić information content (AvgIpc) is 3.53. The van der Waals surface area contributed by atoms with Crippen molar-refractivity contribution in [2.75, 3.05) is 0 Å². The lowest BCUT2D eigenvalue weighted by Gasteiger charge is -2.07. The number of rotatable bonds is 6. The van der Waals surface area contributed by atoms with Gasteiger partial charge in [-0.2, -0.15) is 28.3 Å². The number of fused-ring (bicyclic) bond motifs is 1. The Bertz CT molecular complexity index is 1390. The van der Waals surface area contributed by atoms with E-state index < -0.39 is 11.7 Å². The molecule has 12 heteroatoms. The minimum atomic E-state index is -4.39. The molecule has 5 rings (SSSR count). The number of hydrogen-bond acceptors (Lipinski definition) is 6. The van der Waals surface area contributed by atoms with Crippen LogP contribution in [0.15, 0.2) is 54.7 Å². The van der Waals surface area contributed by atoms with Gasteiger partial charge in [-0.1, -0.05) is 5.21 Å². The number of nitrogens with zero attached hydrogens (tertiary/aromatic N) is 7. The summed E-state index contributed by atoms with van der Waals surface area (Å²) in [4.78, 5) is 1.30. The molecule has 0 aliphatic heterocycles. The van der Waals surface area contributed by atoms with Crippen molar-refractivity contribution in [3.05, 3.63) is 77.5 Å². The van der Waals surface area contributed by atoms with Crippen molar-refractivity contribution in [1.29, 1.82) is 0 Å². The highest BCUT2D eigenvalue weighted by Gasteiger charge is 2.30. The first-order valence-electron chi connectivity index (χ1n) is 9.91. The van der Waals surface area contributed by atoms with Gasteiger partial charge in [0.2, 0.25) is 0 Å². The first-order valence-corrected chi connectivity index (χ1v) is 9.91. The summed E-state index contributed by atoms with van der Waals surface area (Å²) in [6.45, 7) is 2.43. The monoisotopic (exact) mass is 454 g/mol. The number of aromatic nitrogens is 8. The highest BCUT2D eigenvalue weighted by molar-refractivity contribution is 5.81. The molecule has 0 aliphatic carbocycles. The van der Waals surface area contributed by atoms with E-state index in [4.69, 9.17) is 4.74 Å². The van der Waals surface area contributed by atoms with Gasteiger partial charge in [0.25, 0.3) is 0 Å². The Hall–Kier alpha value is -4.22. The van der Waals surface area contributed by atoms with Crippen molar-refractivity contribution >= 4 is 10.9 Å². The van der Waals surface area contributed by atoms with E-state index in [2.05, 4.69) is 30.8 Å². The van der Waals surface area contributed by atoms with E-state index in [0.29, 0.717) is 35.2 Å². The van der Waals surface area contributed by atoms with Crippen LogP contribution in [0.4, 0.5) is 13.2 Å². The number of aryl methyl sites for hydroxylation is 1. The molecule has 0 aliphatic rings. The smallest absolute Gasteiger partial charge is 0.416 e. The average molecular weight is 454 g/mol. The predicted molar refractivity (Wildman–Crippen MR) is 111 cm³/mol. The molecule has 0 unspecified atom stereocenters. The third-order valence-electron chi connectivity index (χ3n) is 5.12. The Morgan fingerprint density at radius 1 is 1.03 bits per heavy atom. The number of tetrazole rings is 1. The molecular formula is C21H17F3N8O. The second kappa shape index (κ2) is 8.04. The van der Waals surface area contributed by atoms with Crippen molar-refractivity contribution < 1.29 is 17.9 Å². The van der Waals surface area contributed by atoms with Crippen LogP contribution in [0.3, 0.4) is 0 Å². The zero-order chi connectivity index (χ0) is 23.0. The number of alkyl halides is 3. The lowest BCUT2D eigenvalue weighted by Crippen LogP contribution is -2.06. The van der Waals surface area contributed by atoms with E-state index in [9.17, 15) is 13.2 Å². The number of nitrogens with one attached hydrogen (secondary N) is 1. The Morgan fingerprint density at radius 3 is 2.58 bits per heavy atom. The fraction of sp³-hybridized carbons (Fsp3) is 0.190. The molecular weight excluding hydrogens is 437 g/mol. The predicted octanol–water partition coefficient (Wildman–Crippen LogP) is 3.69. The normalized spacial score (nSPS) is 11.9. The molecule has 0 amide bonds. The quantitative estimate of drug-likeness (QED) is 0.420. The van der Waals surface area contributed by atoms with Crippen LogP contribution in [-0.2, 0) is 19.3 Å². The minimum absolute atomic E-state index is 0.168. The van der Waals surface area contributed by atoms with E-state index in [1.54, 1.807) is 6.92 Å². The summed E-state index contributed by atoms with van der Waals surface area (Å²) in [6.07, 6.45) is -2.45. The van der Waals surface area contributed by atoms with Crippen LogP contribution >= 0.6 is 0 Å². The molecule has 0 atom stereocenters. The Morgan fingerprint density at radius 2 is 1.85 bits per heavy atom. The van der Waals surface area contributed by atoms with Gasteiger partial charge in [-0.05, 0) is 55.5 Å². The molecule has 2 aromatic carbocycles. The molecule has 0 spiro atoms. The standard InChI is InChI=1S/C21H17F3N8O/c1-13-18(28-32(27-13)16-4-2-15(3-5-16)21(22,23)24)12-33-17-6-7-19-14(10-17)8-9-31(19)11-20-25-29-30-26-20/h2-10H,11-12H2,1H3,(H,25,26,29,30). The maximum absolute atomic E-state index is 12.8. The zero-order valence-corrected chi connectivity index (χ0v) is 17.3. The number of aromatic amines is 1. The van der Waals surface area contributed by atoms with Crippen molar-refractivity contribution in [1.82, 2.24) is 40.2 Å². The third-order valence-corrected chi connectivity index (χ3v) is 5.12. The van der Waals surface area contributed by atoms with E-state index in [1.165, 1.54) is 16.9 Å². The van der Waals surface area contributed by atoms with Gasteiger partial charge in [-0.15, -0.1) is 15.3 Å². The maximum Gasteiger partial charge on any atom is 0.416 e. The van der Waals surface area contributed by atoms with Crippen LogP contribution in [0, 0.1) is 6.92 Å². The van der Waals surface area contributed by atoms with E-state index in [1.807, 2.05) is 35.0 Å². The highest BCUT2D eigenvalue weighted by Crippen LogP contribution is 2.29. The molecule has 3 aromatic heterocycles. The summed E-state index contributed by atoms with van der Waals surface area (Å²) in [5.41, 5.74) is 1.92. The summed E-state index contributed by atoms with van der Waals surface area (Å²) >= 11 is 0.